The van der Waals surface area contributed by atoms with E-state index >= 15 is 0 Å². The molecule has 70 valence electrons. The lowest BCUT2D eigenvalue weighted by Crippen LogP contribution is -2.44. The largest absolute Gasteiger partial charge is 0.369 e. The highest BCUT2D eigenvalue weighted by Gasteiger charge is 2.08. The third kappa shape index (κ3) is 1.64. The number of hydrogen-bond donors (Lipinski definition) is 3. The lowest BCUT2D eigenvalue weighted by Gasteiger charge is -2.05. The van der Waals surface area contributed by atoms with Crippen molar-refractivity contribution in [3.05, 3.63) is 44.1 Å². The predicted molar refractivity (Wildman–Crippen MR) is 43.4 cm³/mol. The molecule has 0 fully saturated rings. The average Bonchev–Trinajstić information content (AvgIpc) is 2.02. The fourth-order valence-electron chi connectivity index (χ4n) is 0.784. The molecule has 0 saturated carbocycles. The van der Waals surface area contributed by atoms with Gasteiger partial charge in [-0.15, -0.1) is 0 Å². The van der Waals surface area contributed by atoms with Crippen LogP contribution in [0, 0.1) is 0 Å². The molecule has 7 heteroatoms. The van der Waals surface area contributed by atoms with Gasteiger partial charge in [-0.25, -0.2) is 19.0 Å². The van der Waals surface area contributed by atoms with E-state index < -0.39 is 23.3 Å². The molecule has 0 amide bonds. The van der Waals surface area contributed by atoms with Crippen molar-refractivity contribution >= 4 is 0 Å². The monoisotopic (exact) mass is 185 g/mol. The molecule has 0 spiro atoms. The van der Waals surface area contributed by atoms with Gasteiger partial charge in [0.25, 0.3) is 0 Å². The van der Waals surface area contributed by atoms with Crippen molar-refractivity contribution in [2.45, 2.75) is 6.23 Å². The maximum absolute atomic E-state index is 10.9. The second kappa shape index (κ2) is 3.23. The predicted octanol–water partition coefficient (Wildman–Crippen LogP) is -2.10. The SMILES string of the molecule is C=CC(O)n1c(=O)[nH]c(=O)[nH]c1=O. The van der Waals surface area contributed by atoms with Crippen LogP contribution in [0.25, 0.3) is 0 Å². The molecule has 1 unspecified atom stereocenters. The summed E-state index contributed by atoms with van der Waals surface area (Å²) in [5.41, 5.74) is -2.88. The van der Waals surface area contributed by atoms with Crippen molar-refractivity contribution in [1.29, 1.82) is 0 Å². The van der Waals surface area contributed by atoms with Crippen molar-refractivity contribution in [1.82, 2.24) is 14.5 Å². The van der Waals surface area contributed by atoms with Crippen LogP contribution in [0.2, 0.25) is 0 Å². The molecule has 0 aliphatic carbocycles. The molecular weight excluding hydrogens is 178 g/mol. The summed E-state index contributed by atoms with van der Waals surface area (Å²) in [7, 11) is 0. The Morgan fingerprint density at radius 1 is 1.31 bits per heavy atom. The minimum absolute atomic E-state index is 0.425. The van der Waals surface area contributed by atoms with Crippen molar-refractivity contribution in [2.24, 2.45) is 0 Å². The number of nitrogens with zero attached hydrogens (tertiary/aromatic N) is 1. The van der Waals surface area contributed by atoms with Gasteiger partial charge in [0.15, 0.2) is 6.23 Å². The fraction of sp³-hybridized carbons (Fsp3) is 0.167. The second-order valence-corrected chi connectivity index (χ2v) is 2.21. The Morgan fingerprint density at radius 3 is 2.15 bits per heavy atom. The topological polar surface area (TPSA) is 108 Å². The van der Waals surface area contributed by atoms with E-state index in [2.05, 4.69) is 6.58 Å². The summed E-state index contributed by atoms with van der Waals surface area (Å²) in [6, 6.07) is 0. The lowest BCUT2D eigenvalue weighted by atomic mass is 10.5. The molecule has 0 radical (unpaired) electrons. The summed E-state index contributed by atoms with van der Waals surface area (Å²) in [5.74, 6) is 0. The number of aliphatic hydroxyl groups is 1. The zero-order valence-corrected chi connectivity index (χ0v) is 6.48. The molecule has 7 nitrogen and oxygen atoms in total. The summed E-state index contributed by atoms with van der Waals surface area (Å²) in [4.78, 5) is 36.0. The number of aromatic amines is 2. The van der Waals surface area contributed by atoms with Crippen LogP contribution in [-0.2, 0) is 0 Å². The van der Waals surface area contributed by atoms with E-state index in [1.54, 1.807) is 9.97 Å². The van der Waals surface area contributed by atoms with Crippen LogP contribution in [-0.4, -0.2) is 19.6 Å². The summed E-state index contributed by atoms with van der Waals surface area (Å²) >= 11 is 0. The van der Waals surface area contributed by atoms with Crippen molar-refractivity contribution in [3.8, 4) is 0 Å². The standard InChI is InChI=1S/C6H7N3O4/c1-2-3(10)9-5(12)7-4(11)8-6(9)13/h2-3,10H,1H2,(H2,7,8,11,12,13). The van der Waals surface area contributed by atoms with Gasteiger partial charge in [0, 0.05) is 0 Å². The minimum Gasteiger partial charge on any atom is -0.369 e. The minimum atomic E-state index is -1.45. The van der Waals surface area contributed by atoms with E-state index in [1.807, 2.05) is 0 Å². The first-order chi connectivity index (χ1) is 6.06. The first kappa shape index (κ1) is 9.20. The normalized spacial score (nSPS) is 12.4. The summed E-state index contributed by atoms with van der Waals surface area (Å²) in [6.07, 6.45) is -0.470. The zero-order chi connectivity index (χ0) is 10.0. The maximum atomic E-state index is 10.9. The highest BCUT2D eigenvalue weighted by molar-refractivity contribution is 4.80. The van der Waals surface area contributed by atoms with Gasteiger partial charge in [0.05, 0.1) is 0 Å². The Balaban J connectivity index is 3.56. The van der Waals surface area contributed by atoms with E-state index in [1.165, 1.54) is 0 Å². The Morgan fingerprint density at radius 2 is 1.77 bits per heavy atom. The number of H-pyrrole nitrogens is 2. The van der Waals surface area contributed by atoms with Gasteiger partial charge in [-0.2, -0.15) is 0 Å². The Bertz CT molecular complexity index is 445. The Kier molecular flexibility index (Phi) is 2.29. The summed E-state index contributed by atoms with van der Waals surface area (Å²) < 4.78 is 0.425. The molecule has 0 aliphatic heterocycles. The molecule has 1 atom stereocenters. The first-order valence-corrected chi connectivity index (χ1v) is 3.32. The maximum Gasteiger partial charge on any atom is 0.336 e. The van der Waals surface area contributed by atoms with Gasteiger partial charge < -0.3 is 5.11 Å². The van der Waals surface area contributed by atoms with Crippen LogP contribution < -0.4 is 17.1 Å². The van der Waals surface area contributed by atoms with Gasteiger partial charge >= 0.3 is 17.1 Å². The lowest BCUT2D eigenvalue weighted by molar-refractivity contribution is 0.143. The molecule has 13 heavy (non-hydrogen) atoms. The molecule has 1 aromatic rings. The van der Waals surface area contributed by atoms with E-state index in [0.29, 0.717) is 4.57 Å². The first-order valence-electron chi connectivity index (χ1n) is 3.32. The number of nitrogens with one attached hydrogen (secondary N) is 2. The summed E-state index contributed by atoms with van der Waals surface area (Å²) in [5, 5.41) is 9.08. The van der Waals surface area contributed by atoms with Crippen LogP contribution in [0.3, 0.4) is 0 Å². The van der Waals surface area contributed by atoms with Crippen molar-refractivity contribution in [2.75, 3.05) is 0 Å². The van der Waals surface area contributed by atoms with Crippen molar-refractivity contribution in [3.63, 3.8) is 0 Å². The molecular formula is C6H7N3O4. The molecule has 0 bridgehead atoms. The second-order valence-electron chi connectivity index (χ2n) is 2.21. The Hall–Kier alpha value is -1.89. The number of aliphatic hydroxyl groups excluding tert-OH is 1. The van der Waals surface area contributed by atoms with Crippen LogP contribution in [0.4, 0.5) is 0 Å². The van der Waals surface area contributed by atoms with Crippen LogP contribution >= 0.6 is 0 Å². The fourth-order valence-corrected chi connectivity index (χ4v) is 0.784. The van der Waals surface area contributed by atoms with Gasteiger partial charge in [0.1, 0.15) is 0 Å². The molecule has 0 aromatic carbocycles. The molecule has 1 aromatic heterocycles. The van der Waals surface area contributed by atoms with E-state index in [9.17, 15) is 14.4 Å². The molecule has 1 heterocycles. The quantitative estimate of drug-likeness (QED) is 0.458. The van der Waals surface area contributed by atoms with Gasteiger partial charge in [-0.1, -0.05) is 6.58 Å². The van der Waals surface area contributed by atoms with Crippen LogP contribution in [0.5, 0.6) is 0 Å². The highest BCUT2D eigenvalue weighted by Crippen LogP contribution is 1.90. The number of rotatable bonds is 2. The van der Waals surface area contributed by atoms with E-state index in [4.69, 9.17) is 5.11 Å². The van der Waals surface area contributed by atoms with Crippen LogP contribution in [0.1, 0.15) is 6.23 Å². The molecule has 1 rings (SSSR count). The zero-order valence-electron chi connectivity index (χ0n) is 6.48. The third-order valence-electron chi connectivity index (χ3n) is 1.35. The third-order valence-corrected chi connectivity index (χ3v) is 1.35. The average molecular weight is 185 g/mol. The van der Waals surface area contributed by atoms with Gasteiger partial charge in [-0.3, -0.25) is 9.97 Å². The smallest absolute Gasteiger partial charge is 0.336 e. The van der Waals surface area contributed by atoms with Crippen LogP contribution in [0.15, 0.2) is 27.0 Å². The Labute approximate surface area is 71.0 Å². The van der Waals surface area contributed by atoms with Gasteiger partial charge in [-0.05, 0) is 6.08 Å². The van der Waals surface area contributed by atoms with E-state index in [0.717, 1.165) is 6.08 Å². The molecule has 0 saturated heterocycles. The van der Waals surface area contributed by atoms with E-state index in [-0.39, 0.29) is 0 Å². The summed E-state index contributed by atoms with van der Waals surface area (Å²) in [6.45, 7) is 3.19. The molecule has 0 aliphatic rings. The number of aromatic nitrogens is 3. The molecule has 3 N–H and O–H groups in total. The highest BCUT2D eigenvalue weighted by atomic mass is 16.3. The van der Waals surface area contributed by atoms with Gasteiger partial charge in [0.2, 0.25) is 0 Å². The number of hydrogen-bond acceptors (Lipinski definition) is 4. The van der Waals surface area contributed by atoms with Crippen molar-refractivity contribution < 1.29 is 5.11 Å².